The third-order valence-electron chi connectivity index (χ3n) is 8.36. The molecule has 12 heteroatoms. The van der Waals surface area contributed by atoms with Crippen LogP contribution in [-0.2, 0) is 11.8 Å². The molecule has 2 aliphatic rings. The van der Waals surface area contributed by atoms with Gasteiger partial charge >= 0.3 is 6.18 Å². The van der Waals surface area contributed by atoms with Gasteiger partial charge in [0.05, 0.1) is 22.9 Å². The first kappa shape index (κ1) is 28.8. The number of nitrogens with zero attached hydrogens (tertiary/aromatic N) is 6. The summed E-state index contributed by atoms with van der Waals surface area (Å²) in [6.07, 6.45) is 9.10. The van der Waals surface area contributed by atoms with Crippen LogP contribution in [0.15, 0.2) is 73.6 Å². The zero-order valence-corrected chi connectivity index (χ0v) is 23.4. The summed E-state index contributed by atoms with van der Waals surface area (Å²) in [5.41, 5.74) is 0.457. The molecule has 0 amide bonds. The largest absolute Gasteiger partial charge is 0.416 e. The van der Waals surface area contributed by atoms with Crippen LogP contribution in [0.3, 0.4) is 0 Å². The van der Waals surface area contributed by atoms with Gasteiger partial charge in [-0.25, -0.2) is 15.0 Å². The van der Waals surface area contributed by atoms with Crippen LogP contribution in [-0.4, -0.2) is 54.6 Å². The maximum absolute atomic E-state index is 13.3. The topological polar surface area (TPSA) is 109 Å². The quantitative estimate of drug-likeness (QED) is 0.300. The van der Waals surface area contributed by atoms with Crippen LogP contribution in [0.5, 0.6) is 0 Å². The summed E-state index contributed by atoms with van der Waals surface area (Å²) < 4.78 is 41.1. The standard InChI is InChI=1S/C31H32F3N7O2/c32-31(33,34)23-8-14-35-27(17-23)40-15-1-3-22(19-40)29(42)41-16-9-25(20-41)39-24-6-10-30(43,11-7-24)26-5-4-21(18-38-26)28-36-12-2-13-37-28/h2,4-5,8-9,12-14,16-18,20,22,24,39,43H,1,3,6-7,10-11,15,19H2/t22-,24?,30?/m0/s1. The lowest BCUT2D eigenvalue weighted by atomic mass is 9.79. The van der Waals surface area contributed by atoms with Crippen LogP contribution >= 0.6 is 0 Å². The molecule has 43 heavy (non-hydrogen) atoms. The number of anilines is 2. The van der Waals surface area contributed by atoms with Gasteiger partial charge in [0.15, 0.2) is 5.82 Å². The summed E-state index contributed by atoms with van der Waals surface area (Å²) in [4.78, 5) is 32.2. The van der Waals surface area contributed by atoms with Gasteiger partial charge in [-0.3, -0.25) is 14.3 Å². The molecule has 224 valence electrons. The first-order valence-electron chi connectivity index (χ1n) is 14.4. The number of rotatable bonds is 6. The summed E-state index contributed by atoms with van der Waals surface area (Å²) in [6.45, 7) is 0.856. The highest BCUT2D eigenvalue weighted by atomic mass is 19.4. The molecular weight excluding hydrogens is 559 g/mol. The molecule has 0 spiro atoms. The van der Waals surface area contributed by atoms with E-state index >= 15 is 0 Å². The van der Waals surface area contributed by atoms with Crippen LogP contribution < -0.4 is 10.2 Å². The Morgan fingerprint density at radius 2 is 1.79 bits per heavy atom. The highest BCUT2D eigenvalue weighted by Crippen LogP contribution is 2.38. The molecule has 1 saturated heterocycles. The number of piperidine rings is 1. The van der Waals surface area contributed by atoms with Crippen molar-refractivity contribution in [2.75, 3.05) is 23.3 Å². The van der Waals surface area contributed by atoms with Crippen molar-refractivity contribution in [2.24, 2.45) is 5.92 Å². The highest BCUT2D eigenvalue weighted by Gasteiger charge is 2.36. The monoisotopic (exact) mass is 591 g/mol. The molecule has 2 fully saturated rings. The number of halogens is 3. The predicted molar refractivity (Wildman–Crippen MR) is 154 cm³/mol. The number of pyridine rings is 2. The molecule has 0 radical (unpaired) electrons. The fourth-order valence-electron chi connectivity index (χ4n) is 5.97. The number of aromatic nitrogens is 5. The Hall–Kier alpha value is -4.32. The van der Waals surface area contributed by atoms with Crippen molar-refractivity contribution >= 4 is 17.4 Å². The second-order valence-corrected chi connectivity index (χ2v) is 11.3. The molecule has 1 aliphatic heterocycles. The Morgan fingerprint density at radius 3 is 2.51 bits per heavy atom. The molecule has 1 saturated carbocycles. The second-order valence-electron chi connectivity index (χ2n) is 11.3. The Morgan fingerprint density at radius 1 is 1.00 bits per heavy atom. The lowest BCUT2D eigenvalue weighted by Crippen LogP contribution is -2.40. The van der Waals surface area contributed by atoms with E-state index in [9.17, 15) is 23.1 Å². The van der Waals surface area contributed by atoms with Crippen LogP contribution in [0.2, 0.25) is 0 Å². The molecule has 5 heterocycles. The normalized spacial score (nSPS) is 22.7. The summed E-state index contributed by atoms with van der Waals surface area (Å²) >= 11 is 0. The molecule has 0 bridgehead atoms. The Balaban J connectivity index is 1.04. The smallest absolute Gasteiger partial charge is 0.384 e. The lowest BCUT2D eigenvalue weighted by molar-refractivity contribution is -0.137. The van der Waals surface area contributed by atoms with E-state index in [0.717, 1.165) is 42.4 Å². The van der Waals surface area contributed by atoms with Crippen molar-refractivity contribution in [1.29, 1.82) is 0 Å². The molecule has 1 atom stereocenters. The SMILES string of the molecule is O=C([C@H]1CCCN(c2cc(C(F)(F)F)ccn2)C1)n1ccc(NC2CCC(O)(c3ccc(-c4ncccn4)cn3)CC2)c1. The van der Waals surface area contributed by atoms with Gasteiger partial charge in [0.25, 0.3) is 0 Å². The Kier molecular flexibility index (Phi) is 7.87. The maximum atomic E-state index is 13.3. The number of carbonyl (C=O) groups excluding carboxylic acids is 1. The maximum Gasteiger partial charge on any atom is 0.416 e. The van der Waals surface area contributed by atoms with Gasteiger partial charge < -0.3 is 15.3 Å². The summed E-state index contributed by atoms with van der Waals surface area (Å²) in [6, 6.07) is 9.43. The predicted octanol–water partition coefficient (Wildman–Crippen LogP) is 5.55. The van der Waals surface area contributed by atoms with Crippen molar-refractivity contribution in [1.82, 2.24) is 24.5 Å². The van der Waals surface area contributed by atoms with Crippen LogP contribution in [0.25, 0.3) is 11.4 Å². The fraction of sp³-hybridized carbons (Fsp3) is 0.387. The Bertz CT molecular complexity index is 1550. The lowest BCUT2D eigenvalue weighted by Gasteiger charge is -2.36. The van der Waals surface area contributed by atoms with Crippen LogP contribution in [0.1, 0.15) is 54.6 Å². The van der Waals surface area contributed by atoms with E-state index in [1.807, 2.05) is 18.2 Å². The molecule has 0 unspecified atom stereocenters. The van der Waals surface area contributed by atoms with Gasteiger partial charge in [-0.15, -0.1) is 0 Å². The van der Waals surface area contributed by atoms with Gasteiger partial charge in [0, 0.05) is 61.9 Å². The third kappa shape index (κ3) is 6.38. The van der Waals surface area contributed by atoms with E-state index in [1.165, 1.54) is 0 Å². The van der Waals surface area contributed by atoms with Crippen molar-refractivity contribution < 1.29 is 23.1 Å². The van der Waals surface area contributed by atoms with Crippen molar-refractivity contribution in [3.8, 4) is 11.4 Å². The molecule has 1 aliphatic carbocycles. The molecule has 4 aromatic heterocycles. The van der Waals surface area contributed by atoms with E-state index in [1.54, 1.807) is 46.5 Å². The van der Waals surface area contributed by atoms with E-state index in [4.69, 9.17) is 0 Å². The van der Waals surface area contributed by atoms with Crippen molar-refractivity contribution in [3.63, 3.8) is 0 Å². The van der Waals surface area contributed by atoms with E-state index < -0.39 is 17.3 Å². The molecule has 9 nitrogen and oxygen atoms in total. The van der Waals surface area contributed by atoms with Gasteiger partial charge in [-0.2, -0.15) is 13.2 Å². The molecule has 0 aromatic carbocycles. The minimum absolute atomic E-state index is 0.0989. The van der Waals surface area contributed by atoms with E-state index in [2.05, 4.69) is 25.3 Å². The second kappa shape index (κ2) is 11.8. The number of aliphatic hydroxyl groups is 1. The van der Waals surface area contributed by atoms with Gasteiger partial charge in [0.2, 0.25) is 5.91 Å². The van der Waals surface area contributed by atoms with E-state index in [0.29, 0.717) is 50.3 Å². The Labute approximate surface area is 246 Å². The average Bonchev–Trinajstić information content (AvgIpc) is 3.50. The van der Waals surface area contributed by atoms with Crippen molar-refractivity contribution in [3.05, 3.63) is 84.8 Å². The van der Waals surface area contributed by atoms with Gasteiger partial charge in [-0.05, 0) is 74.9 Å². The van der Waals surface area contributed by atoms with Gasteiger partial charge in [-0.1, -0.05) is 0 Å². The molecule has 6 rings (SSSR count). The number of nitrogens with one attached hydrogen (secondary N) is 1. The summed E-state index contributed by atoms with van der Waals surface area (Å²) in [5.74, 6) is 0.358. The zero-order valence-electron chi connectivity index (χ0n) is 23.4. The average molecular weight is 592 g/mol. The minimum Gasteiger partial charge on any atom is -0.384 e. The summed E-state index contributed by atoms with van der Waals surface area (Å²) in [5, 5.41) is 14.8. The van der Waals surface area contributed by atoms with Crippen molar-refractivity contribution in [2.45, 2.75) is 56.3 Å². The number of hydrogen-bond acceptors (Lipinski definition) is 8. The van der Waals surface area contributed by atoms with E-state index in [-0.39, 0.29) is 23.7 Å². The first-order chi connectivity index (χ1) is 20.7. The third-order valence-corrected chi connectivity index (χ3v) is 8.36. The number of hydrogen-bond donors (Lipinski definition) is 2. The molecule has 4 aromatic rings. The van der Waals surface area contributed by atoms with Crippen LogP contribution in [0, 0.1) is 5.92 Å². The number of carbonyl (C=O) groups is 1. The van der Waals surface area contributed by atoms with Gasteiger partial charge in [0.1, 0.15) is 11.4 Å². The first-order valence-corrected chi connectivity index (χ1v) is 14.4. The molecule has 2 N–H and O–H groups in total. The highest BCUT2D eigenvalue weighted by molar-refractivity contribution is 5.83. The summed E-state index contributed by atoms with van der Waals surface area (Å²) in [7, 11) is 0. The minimum atomic E-state index is -4.45. The number of alkyl halides is 3. The molecular formula is C31H32F3N7O2. The fourth-order valence-corrected chi connectivity index (χ4v) is 5.97. The zero-order chi connectivity index (χ0) is 30.0. The van der Waals surface area contributed by atoms with Crippen LogP contribution in [0.4, 0.5) is 24.7 Å².